The maximum absolute atomic E-state index is 13.4. The van der Waals surface area contributed by atoms with E-state index in [0.29, 0.717) is 11.8 Å². The smallest absolute Gasteiger partial charge is 0.306 e. The second-order valence-electron chi connectivity index (χ2n) is 7.27. The Hall–Kier alpha value is -3.52. The molecule has 0 spiro atoms. The molecule has 1 N–H and O–H groups in total. The van der Waals surface area contributed by atoms with E-state index in [1.54, 1.807) is 18.4 Å². The number of nitrogens with one attached hydrogen (secondary N) is 1. The van der Waals surface area contributed by atoms with Crippen LogP contribution in [0.1, 0.15) is 18.2 Å². The van der Waals surface area contributed by atoms with Crippen molar-refractivity contribution in [3.63, 3.8) is 0 Å². The molecule has 0 saturated carbocycles. The third kappa shape index (κ3) is 2.56. The molecule has 1 fully saturated rings. The molecule has 1 saturated heterocycles. The van der Waals surface area contributed by atoms with Gasteiger partial charge in [0.1, 0.15) is 23.6 Å². The zero-order chi connectivity index (χ0) is 19.4. The molecule has 5 aromatic rings. The van der Waals surface area contributed by atoms with Crippen LogP contribution in [0.2, 0.25) is 0 Å². The first-order chi connectivity index (χ1) is 14.3. The van der Waals surface area contributed by atoms with E-state index in [4.69, 9.17) is 4.42 Å². The molecule has 1 aliphatic heterocycles. The Bertz CT molecular complexity index is 1330. The summed E-state index contributed by atoms with van der Waals surface area (Å²) in [5.74, 6) is 1.52. The van der Waals surface area contributed by atoms with Gasteiger partial charge in [0.15, 0.2) is 5.65 Å². The van der Waals surface area contributed by atoms with Crippen molar-refractivity contribution in [1.29, 1.82) is 0 Å². The second-order valence-corrected chi connectivity index (χ2v) is 7.27. The Morgan fingerprint density at radius 1 is 1.03 bits per heavy atom. The van der Waals surface area contributed by atoms with E-state index in [1.165, 1.54) is 12.1 Å². The summed E-state index contributed by atoms with van der Waals surface area (Å²) < 4.78 is 22.9. The van der Waals surface area contributed by atoms with Crippen LogP contribution in [-0.2, 0) is 0 Å². The van der Waals surface area contributed by atoms with Gasteiger partial charge in [-0.25, -0.2) is 4.39 Å². The van der Waals surface area contributed by atoms with E-state index in [-0.39, 0.29) is 5.82 Å². The average Bonchev–Trinajstić information content (AvgIpc) is 3.50. The van der Waals surface area contributed by atoms with Crippen molar-refractivity contribution < 1.29 is 8.81 Å². The third-order valence-corrected chi connectivity index (χ3v) is 5.51. The van der Waals surface area contributed by atoms with Crippen LogP contribution in [0.3, 0.4) is 0 Å². The number of fused-ring (bicyclic) bond motifs is 2. The van der Waals surface area contributed by atoms with Crippen LogP contribution >= 0.6 is 0 Å². The SMILES string of the molecule is Fc1ccc(-c2nc3occn3c2-c2ccc3nnc(C4CCNC4)n3c2)cc1. The summed E-state index contributed by atoms with van der Waals surface area (Å²) in [6, 6.07) is 10.3. The lowest BCUT2D eigenvalue weighted by atomic mass is 10.1. The molecule has 6 rings (SSSR count). The molecule has 5 heterocycles. The molecule has 1 unspecified atom stereocenters. The molecule has 1 aliphatic rings. The molecule has 29 heavy (non-hydrogen) atoms. The van der Waals surface area contributed by atoms with Crippen molar-refractivity contribution in [3.05, 3.63) is 66.7 Å². The standard InChI is InChI=1S/C21H17FN6O/c22-16-4-1-13(2-5-16)18-19(27-9-10-29-21(27)24-18)15-3-6-17-25-26-20(28(17)12-15)14-7-8-23-11-14/h1-6,9-10,12,14,23H,7-8,11H2. The number of halogens is 1. The van der Waals surface area contributed by atoms with Crippen LogP contribution in [0, 0.1) is 5.82 Å². The Morgan fingerprint density at radius 2 is 1.90 bits per heavy atom. The molecule has 1 atom stereocenters. The molecule has 0 bridgehead atoms. The van der Waals surface area contributed by atoms with Crippen molar-refractivity contribution in [3.8, 4) is 22.5 Å². The van der Waals surface area contributed by atoms with Gasteiger partial charge < -0.3 is 9.73 Å². The first-order valence-corrected chi connectivity index (χ1v) is 9.55. The predicted molar refractivity (Wildman–Crippen MR) is 105 cm³/mol. The number of benzene rings is 1. The van der Waals surface area contributed by atoms with E-state index < -0.39 is 0 Å². The summed E-state index contributed by atoms with van der Waals surface area (Å²) in [5.41, 5.74) is 4.21. The number of hydrogen-bond donors (Lipinski definition) is 1. The first kappa shape index (κ1) is 16.4. The van der Waals surface area contributed by atoms with Crippen molar-refractivity contribution in [2.45, 2.75) is 12.3 Å². The molecule has 7 nitrogen and oxygen atoms in total. The molecular weight excluding hydrogens is 371 g/mol. The van der Waals surface area contributed by atoms with Gasteiger partial charge in [-0.05, 0) is 49.4 Å². The lowest BCUT2D eigenvalue weighted by Crippen LogP contribution is -2.10. The van der Waals surface area contributed by atoms with Crippen LogP contribution in [0.25, 0.3) is 34.0 Å². The van der Waals surface area contributed by atoms with Crippen molar-refractivity contribution >= 4 is 11.5 Å². The molecule has 1 aromatic carbocycles. The number of hydrogen-bond acceptors (Lipinski definition) is 5. The number of imidazole rings is 1. The maximum Gasteiger partial charge on any atom is 0.306 e. The summed E-state index contributed by atoms with van der Waals surface area (Å²) in [6.45, 7) is 1.90. The van der Waals surface area contributed by atoms with Gasteiger partial charge in [-0.2, -0.15) is 4.98 Å². The van der Waals surface area contributed by atoms with E-state index in [2.05, 4.69) is 24.9 Å². The van der Waals surface area contributed by atoms with Crippen molar-refractivity contribution in [1.82, 2.24) is 29.3 Å². The van der Waals surface area contributed by atoms with Crippen LogP contribution in [-0.4, -0.2) is 37.1 Å². The minimum atomic E-state index is -0.279. The van der Waals surface area contributed by atoms with Crippen molar-refractivity contribution in [2.24, 2.45) is 0 Å². The Morgan fingerprint density at radius 3 is 2.72 bits per heavy atom. The second kappa shape index (κ2) is 6.25. The maximum atomic E-state index is 13.4. The Labute approximate surface area is 164 Å². The fourth-order valence-electron chi connectivity index (χ4n) is 4.07. The highest BCUT2D eigenvalue weighted by Gasteiger charge is 2.23. The minimum absolute atomic E-state index is 0.279. The van der Waals surface area contributed by atoms with E-state index >= 15 is 0 Å². The van der Waals surface area contributed by atoms with Gasteiger partial charge in [0, 0.05) is 36.0 Å². The topological polar surface area (TPSA) is 72.7 Å². The predicted octanol–water partition coefficient (Wildman–Crippen LogP) is 3.52. The lowest BCUT2D eigenvalue weighted by Gasteiger charge is -2.09. The summed E-state index contributed by atoms with van der Waals surface area (Å²) in [4.78, 5) is 4.64. The number of rotatable bonds is 3. The van der Waals surface area contributed by atoms with E-state index in [0.717, 1.165) is 53.5 Å². The lowest BCUT2D eigenvalue weighted by molar-refractivity contribution is 0.596. The van der Waals surface area contributed by atoms with Gasteiger partial charge in [0.05, 0.1) is 5.69 Å². The fraction of sp³-hybridized carbons (Fsp3) is 0.190. The van der Waals surface area contributed by atoms with Gasteiger partial charge >= 0.3 is 5.84 Å². The zero-order valence-corrected chi connectivity index (χ0v) is 15.4. The van der Waals surface area contributed by atoms with Crippen molar-refractivity contribution in [2.75, 3.05) is 13.1 Å². The molecular formula is C21H17FN6O. The summed E-state index contributed by atoms with van der Waals surface area (Å²) >= 11 is 0. The minimum Gasteiger partial charge on any atom is -0.432 e. The van der Waals surface area contributed by atoms with Gasteiger partial charge in [0.2, 0.25) is 0 Å². The summed E-state index contributed by atoms with van der Waals surface area (Å²) in [6.07, 6.45) is 6.53. The Balaban J connectivity index is 1.56. The van der Waals surface area contributed by atoms with Gasteiger partial charge in [-0.1, -0.05) is 0 Å². The highest BCUT2D eigenvalue weighted by Crippen LogP contribution is 2.34. The zero-order valence-electron chi connectivity index (χ0n) is 15.4. The quantitative estimate of drug-likeness (QED) is 0.512. The highest BCUT2D eigenvalue weighted by atomic mass is 19.1. The molecule has 0 aliphatic carbocycles. The average molecular weight is 388 g/mol. The van der Waals surface area contributed by atoms with Gasteiger partial charge in [-0.3, -0.25) is 8.80 Å². The monoisotopic (exact) mass is 388 g/mol. The molecule has 8 heteroatoms. The first-order valence-electron chi connectivity index (χ1n) is 9.55. The summed E-state index contributed by atoms with van der Waals surface area (Å²) in [7, 11) is 0. The number of nitrogens with zero attached hydrogens (tertiary/aromatic N) is 5. The number of oxazole rings is 1. The van der Waals surface area contributed by atoms with Gasteiger partial charge in [-0.15, -0.1) is 10.2 Å². The molecule has 144 valence electrons. The van der Waals surface area contributed by atoms with Crippen LogP contribution < -0.4 is 5.32 Å². The highest BCUT2D eigenvalue weighted by molar-refractivity contribution is 5.81. The fourth-order valence-corrected chi connectivity index (χ4v) is 4.07. The Kier molecular flexibility index (Phi) is 3.54. The number of pyridine rings is 1. The largest absolute Gasteiger partial charge is 0.432 e. The number of aromatic nitrogens is 5. The van der Waals surface area contributed by atoms with Gasteiger partial charge in [0.25, 0.3) is 0 Å². The molecule has 0 radical (unpaired) electrons. The molecule has 0 amide bonds. The van der Waals surface area contributed by atoms with E-state index in [1.807, 2.05) is 28.9 Å². The van der Waals surface area contributed by atoms with Crippen LogP contribution in [0.15, 0.2) is 59.5 Å². The third-order valence-electron chi connectivity index (χ3n) is 5.51. The summed E-state index contributed by atoms with van der Waals surface area (Å²) in [5, 5.41) is 12.1. The normalized spacial score (nSPS) is 16.9. The van der Waals surface area contributed by atoms with Crippen LogP contribution in [0.4, 0.5) is 4.39 Å². The molecule has 4 aromatic heterocycles. The van der Waals surface area contributed by atoms with Crippen LogP contribution in [0.5, 0.6) is 0 Å². The van der Waals surface area contributed by atoms with E-state index in [9.17, 15) is 4.39 Å².